The molecule has 1 aromatic rings. The summed E-state index contributed by atoms with van der Waals surface area (Å²) in [5.74, 6) is -1.97. The maximum absolute atomic E-state index is 13.2. The van der Waals surface area contributed by atoms with E-state index in [0.29, 0.717) is 0 Å². The summed E-state index contributed by atoms with van der Waals surface area (Å²) in [7, 11) is 1.39. The second kappa shape index (κ2) is 6.78. The summed E-state index contributed by atoms with van der Waals surface area (Å²) in [4.78, 5) is 34.5. The largest absolute Gasteiger partial charge is 0.352 e. The zero-order valence-corrected chi connectivity index (χ0v) is 11.9. The van der Waals surface area contributed by atoms with Crippen LogP contribution < -0.4 is 5.32 Å². The van der Waals surface area contributed by atoms with Crippen LogP contribution in [0, 0.1) is 15.9 Å². The number of hydrogen-bond donors (Lipinski definition) is 1. The third kappa shape index (κ3) is 4.51. The van der Waals surface area contributed by atoms with E-state index in [0.717, 1.165) is 23.1 Å². The molecule has 1 aromatic carbocycles. The van der Waals surface area contributed by atoms with Gasteiger partial charge in [0.2, 0.25) is 11.7 Å². The zero-order valence-electron chi connectivity index (χ0n) is 11.9. The first kappa shape index (κ1) is 16.5. The fourth-order valence-corrected chi connectivity index (χ4v) is 1.66. The molecular formula is C13H16FN3O4. The van der Waals surface area contributed by atoms with E-state index >= 15 is 0 Å². The molecule has 2 amide bonds. The van der Waals surface area contributed by atoms with E-state index in [1.165, 1.54) is 7.05 Å². The van der Waals surface area contributed by atoms with Gasteiger partial charge in [-0.05, 0) is 26.0 Å². The Morgan fingerprint density at radius 2 is 2.05 bits per heavy atom. The van der Waals surface area contributed by atoms with E-state index in [2.05, 4.69) is 5.32 Å². The molecule has 0 aliphatic carbocycles. The van der Waals surface area contributed by atoms with Crippen molar-refractivity contribution in [3.05, 3.63) is 39.7 Å². The minimum Gasteiger partial charge on any atom is -0.352 e. The van der Waals surface area contributed by atoms with Crippen LogP contribution in [0.4, 0.5) is 10.1 Å². The molecule has 0 bridgehead atoms. The third-order valence-electron chi connectivity index (χ3n) is 2.57. The molecule has 0 radical (unpaired) electrons. The van der Waals surface area contributed by atoms with Crippen LogP contribution in [0.1, 0.15) is 24.2 Å². The summed E-state index contributed by atoms with van der Waals surface area (Å²) in [6, 6.07) is 2.79. The van der Waals surface area contributed by atoms with Crippen LogP contribution in [-0.4, -0.2) is 41.3 Å². The van der Waals surface area contributed by atoms with Crippen LogP contribution in [0.3, 0.4) is 0 Å². The molecule has 0 aliphatic rings. The number of likely N-dealkylation sites (N-methyl/N-ethyl adjacent to an activating group) is 1. The van der Waals surface area contributed by atoms with Crippen molar-refractivity contribution >= 4 is 17.5 Å². The van der Waals surface area contributed by atoms with Gasteiger partial charge in [0.15, 0.2) is 0 Å². The Morgan fingerprint density at radius 3 is 2.57 bits per heavy atom. The van der Waals surface area contributed by atoms with Gasteiger partial charge in [0, 0.05) is 24.7 Å². The molecule has 1 rings (SSSR count). The van der Waals surface area contributed by atoms with Gasteiger partial charge in [0.1, 0.15) is 0 Å². The van der Waals surface area contributed by atoms with Gasteiger partial charge in [-0.25, -0.2) is 0 Å². The minimum atomic E-state index is -1.02. The van der Waals surface area contributed by atoms with Gasteiger partial charge < -0.3 is 10.2 Å². The first-order chi connectivity index (χ1) is 9.72. The molecule has 7 nitrogen and oxygen atoms in total. The van der Waals surface area contributed by atoms with Crippen molar-refractivity contribution in [1.82, 2.24) is 10.2 Å². The van der Waals surface area contributed by atoms with Crippen molar-refractivity contribution in [2.45, 2.75) is 19.9 Å². The Bertz CT molecular complexity index is 575. The Labute approximate surface area is 120 Å². The van der Waals surface area contributed by atoms with Crippen LogP contribution in [0.15, 0.2) is 18.2 Å². The molecule has 0 aliphatic heterocycles. The molecule has 21 heavy (non-hydrogen) atoms. The van der Waals surface area contributed by atoms with Crippen LogP contribution in [0.5, 0.6) is 0 Å². The van der Waals surface area contributed by atoms with Crippen molar-refractivity contribution in [2.24, 2.45) is 0 Å². The lowest BCUT2D eigenvalue weighted by Crippen LogP contribution is -2.40. The van der Waals surface area contributed by atoms with Gasteiger partial charge >= 0.3 is 5.69 Å². The summed E-state index contributed by atoms with van der Waals surface area (Å²) >= 11 is 0. The third-order valence-corrected chi connectivity index (χ3v) is 2.57. The highest BCUT2D eigenvalue weighted by Gasteiger charge is 2.20. The number of nitro groups is 1. The molecule has 0 atom stereocenters. The van der Waals surface area contributed by atoms with Crippen molar-refractivity contribution in [2.75, 3.05) is 13.6 Å². The van der Waals surface area contributed by atoms with Gasteiger partial charge in [-0.3, -0.25) is 19.7 Å². The maximum atomic E-state index is 13.2. The minimum absolute atomic E-state index is 0.0528. The molecule has 0 fully saturated rings. The highest BCUT2D eigenvalue weighted by atomic mass is 19.1. The van der Waals surface area contributed by atoms with E-state index < -0.39 is 22.3 Å². The highest BCUT2D eigenvalue weighted by Crippen LogP contribution is 2.19. The van der Waals surface area contributed by atoms with Crippen molar-refractivity contribution in [3.8, 4) is 0 Å². The molecule has 0 saturated heterocycles. The normalized spacial score (nSPS) is 10.3. The topological polar surface area (TPSA) is 92.6 Å². The van der Waals surface area contributed by atoms with Gasteiger partial charge in [-0.2, -0.15) is 4.39 Å². The summed E-state index contributed by atoms with van der Waals surface area (Å²) in [6.07, 6.45) is 0. The second-order valence-corrected chi connectivity index (χ2v) is 4.81. The first-order valence-corrected chi connectivity index (χ1v) is 6.21. The number of amides is 2. The number of nitrogens with one attached hydrogen (secondary N) is 1. The van der Waals surface area contributed by atoms with Gasteiger partial charge in [-0.1, -0.05) is 0 Å². The molecular weight excluding hydrogens is 281 g/mol. The Morgan fingerprint density at radius 1 is 1.43 bits per heavy atom. The number of nitro benzene ring substituents is 1. The standard InChI is InChI=1S/C13H16FN3O4/c1-8(2)15-12(18)7-16(3)13(19)9-4-5-10(14)11(6-9)17(20)21/h4-6,8H,7H2,1-3H3,(H,15,18). The quantitative estimate of drug-likeness (QED) is 0.655. The van der Waals surface area contributed by atoms with Crippen LogP contribution in [0.2, 0.25) is 0 Å². The van der Waals surface area contributed by atoms with E-state index in [4.69, 9.17) is 0 Å². The summed E-state index contributed by atoms with van der Waals surface area (Å²) in [6.45, 7) is 3.37. The number of halogens is 1. The number of hydrogen-bond acceptors (Lipinski definition) is 4. The monoisotopic (exact) mass is 297 g/mol. The molecule has 114 valence electrons. The lowest BCUT2D eigenvalue weighted by atomic mass is 10.1. The van der Waals surface area contributed by atoms with E-state index in [1.807, 2.05) is 0 Å². The SMILES string of the molecule is CC(C)NC(=O)CN(C)C(=O)c1ccc(F)c([N+](=O)[O-])c1. The molecule has 1 N–H and O–H groups in total. The second-order valence-electron chi connectivity index (χ2n) is 4.81. The number of carbonyl (C=O) groups is 2. The van der Waals surface area contributed by atoms with Gasteiger partial charge in [0.05, 0.1) is 11.5 Å². The Kier molecular flexibility index (Phi) is 5.34. The zero-order chi connectivity index (χ0) is 16.2. The first-order valence-electron chi connectivity index (χ1n) is 6.21. The predicted molar refractivity (Wildman–Crippen MR) is 73.3 cm³/mol. The number of nitrogens with zero attached hydrogens (tertiary/aromatic N) is 2. The van der Waals surface area contributed by atoms with Gasteiger partial charge in [0.25, 0.3) is 5.91 Å². The predicted octanol–water partition coefficient (Wildman–Crippen LogP) is 1.33. The van der Waals surface area contributed by atoms with Crippen LogP contribution >= 0.6 is 0 Å². The summed E-state index contributed by atoms with van der Waals surface area (Å²) in [5, 5.41) is 13.3. The molecule has 8 heteroatoms. The molecule has 0 heterocycles. The van der Waals surface area contributed by atoms with E-state index in [9.17, 15) is 24.1 Å². The number of benzene rings is 1. The summed E-state index contributed by atoms with van der Waals surface area (Å²) in [5.41, 5.74) is -0.830. The van der Waals surface area contributed by atoms with Crippen molar-refractivity contribution in [3.63, 3.8) is 0 Å². The maximum Gasteiger partial charge on any atom is 0.305 e. The number of rotatable bonds is 5. The average Bonchev–Trinajstić information content (AvgIpc) is 2.36. The van der Waals surface area contributed by atoms with Crippen molar-refractivity contribution < 1.29 is 18.9 Å². The highest BCUT2D eigenvalue weighted by molar-refractivity contribution is 5.96. The van der Waals surface area contributed by atoms with E-state index in [-0.39, 0.29) is 24.1 Å². The number of carbonyl (C=O) groups excluding carboxylic acids is 2. The average molecular weight is 297 g/mol. The molecule has 0 aromatic heterocycles. The summed E-state index contributed by atoms with van der Waals surface area (Å²) < 4.78 is 13.2. The van der Waals surface area contributed by atoms with Crippen LogP contribution in [0.25, 0.3) is 0 Å². The lowest BCUT2D eigenvalue weighted by molar-refractivity contribution is -0.387. The van der Waals surface area contributed by atoms with Gasteiger partial charge in [-0.15, -0.1) is 0 Å². The fraction of sp³-hybridized carbons (Fsp3) is 0.385. The molecule has 0 saturated carbocycles. The Balaban J connectivity index is 2.86. The Hall–Kier alpha value is -2.51. The fourth-order valence-electron chi connectivity index (χ4n) is 1.66. The molecule has 0 unspecified atom stereocenters. The van der Waals surface area contributed by atoms with Crippen LogP contribution in [-0.2, 0) is 4.79 Å². The lowest BCUT2D eigenvalue weighted by Gasteiger charge is -2.17. The molecule has 0 spiro atoms. The van der Waals surface area contributed by atoms with Crippen molar-refractivity contribution in [1.29, 1.82) is 0 Å². The van der Waals surface area contributed by atoms with E-state index in [1.54, 1.807) is 13.8 Å². The smallest absolute Gasteiger partial charge is 0.305 e.